The maximum absolute atomic E-state index is 12.0. The number of ether oxygens (including phenoxy) is 1. The minimum absolute atomic E-state index is 0.0914. The largest absolute Gasteiger partial charge is 0.378 e. The van der Waals surface area contributed by atoms with E-state index in [0.717, 1.165) is 6.42 Å². The number of nitrogens with zero attached hydrogens (tertiary/aromatic N) is 1. The number of rotatable bonds is 6. The van der Waals surface area contributed by atoms with Crippen LogP contribution in [0.5, 0.6) is 0 Å². The summed E-state index contributed by atoms with van der Waals surface area (Å²) in [5.41, 5.74) is 0. The number of carbonyl (C=O) groups excluding carboxylic acids is 2. The van der Waals surface area contributed by atoms with Crippen molar-refractivity contribution in [2.45, 2.75) is 19.4 Å². The first-order valence-electron chi connectivity index (χ1n) is 6.48. The Kier molecular flexibility index (Phi) is 6.93. The maximum atomic E-state index is 12.0. The highest BCUT2D eigenvalue weighted by Gasteiger charge is 2.30. The molecule has 1 aliphatic rings. The first-order valence-corrected chi connectivity index (χ1v) is 6.48. The summed E-state index contributed by atoms with van der Waals surface area (Å²) in [6.45, 7) is 4.39. The van der Waals surface area contributed by atoms with E-state index in [1.165, 1.54) is 0 Å². The van der Waals surface area contributed by atoms with Gasteiger partial charge in [0.05, 0.1) is 26.3 Å². The van der Waals surface area contributed by atoms with Crippen LogP contribution in [0.1, 0.15) is 13.3 Å². The molecule has 1 atom stereocenters. The maximum Gasteiger partial charge on any atom is 0.239 e. The van der Waals surface area contributed by atoms with Gasteiger partial charge in [0.25, 0.3) is 0 Å². The molecule has 1 heterocycles. The zero-order chi connectivity index (χ0) is 14.1. The summed E-state index contributed by atoms with van der Waals surface area (Å²) >= 11 is 0. The fourth-order valence-corrected chi connectivity index (χ4v) is 1.82. The van der Waals surface area contributed by atoms with Gasteiger partial charge in [-0.2, -0.15) is 0 Å². The molecular formula is C13H21N3O3. The van der Waals surface area contributed by atoms with Crippen molar-refractivity contribution in [3.63, 3.8) is 0 Å². The van der Waals surface area contributed by atoms with E-state index >= 15 is 0 Å². The molecule has 0 radical (unpaired) electrons. The highest BCUT2D eigenvalue weighted by atomic mass is 16.5. The van der Waals surface area contributed by atoms with E-state index in [2.05, 4.69) is 16.6 Å². The molecule has 0 aromatic heterocycles. The van der Waals surface area contributed by atoms with Crippen molar-refractivity contribution in [3.8, 4) is 12.3 Å². The minimum atomic E-state index is -0.406. The molecule has 2 N–H and O–H groups in total. The van der Waals surface area contributed by atoms with Crippen molar-refractivity contribution in [2.75, 3.05) is 39.4 Å². The van der Waals surface area contributed by atoms with Crippen molar-refractivity contribution in [1.82, 2.24) is 15.5 Å². The van der Waals surface area contributed by atoms with Crippen LogP contribution < -0.4 is 10.6 Å². The monoisotopic (exact) mass is 267 g/mol. The Morgan fingerprint density at radius 3 is 2.95 bits per heavy atom. The lowest BCUT2D eigenvalue weighted by Gasteiger charge is -2.33. The van der Waals surface area contributed by atoms with Gasteiger partial charge in [-0.1, -0.05) is 12.8 Å². The number of morpholine rings is 1. The average Bonchev–Trinajstić information content (AvgIpc) is 2.43. The quantitative estimate of drug-likeness (QED) is 0.603. The lowest BCUT2D eigenvalue weighted by Crippen LogP contribution is -2.56. The second kappa shape index (κ2) is 8.51. The van der Waals surface area contributed by atoms with E-state index in [0.29, 0.717) is 26.3 Å². The van der Waals surface area contributed by atoms with E-state index in [-0.39, 0.29) is 24.9 Å². The Labute approximate surface area is 113 Å². The SMILES string of the molecule is C#CCNC(=O)CN1CCOCC1C(=O)NCCC. The van der Waals surface area contributed by atoms with Crippen LogP contribution >= 0.6 is 0 Å². The molecule has 6 heteroatoms. The topological polar surface area (TPSA) is 70.7 Å². The Morgan fingerprint density at radius 2 is 2.26 bits per heavy atom. The normalized spacial score (nSPS) is 19.5. The summed E-state index contributed by atoms with van der Waals surface area (Å²) in [5, 5.41) is 5.42. The second-order valence-electron chi connectivity index (χ2n) is 4.33. The minimum Gasteiger partial charge on any atom is -0.378 e. The predicted molar refractivity (Wildman–Crippen MR) is 71.3 cm³/mol. The molecular weight excluding hydrogens is 246 g/mol. The van der Waals surface area contributed by atoms with E-state index in [1.54, 1.807) is 0 Å². The third-order valence-electron chi connectivity index (χ3n) is 2.83. The van der Waals surface area contributed by atoms with Gasteiger partial charge >= 0.3 is 0 Å². The number of hydrogen-bond donors (Lipinski definition) is 2. The highest BCUT2D eigenvalue weighted by molar-refractivity contribution is 5.84. The Morgan fingerprint density at radius 1 is 1.47 bits per heavy atom. The zero-order valence-corrected chi connectivity index (χ0v) is 11.3. The molecule has 1 unspecified atom stereocenters. The lowest BCUT2D eigenvalue weighted by atomic mass is 10.2. The second-order valence-corrected chi connectivity index (χ2v) is 4.33. The van der Waals surface area contributed by atoms with Gasteiger partial charge in [0.1, 0.15) is 6.04 Å². The molecule has 0 aliphatic carbocycles. The van der Waals surface area contributed by atoms with E-state index in [1.807, 2.05) is 11.8 Å². The van der Waals surface area contributed by atoms with Gasteiger partial charge in [-0.15, -0.1) is 6.42 Å². The van der Waals surface area contributed by atoms with Crippen LogP contribution in [0.25, 0.3) is 0 Å². The number of nitrogens with one attached hydrogen (secondary N) is 2. The Bertz CT molecular complexity index is 352. The number of carbonyl (C=O) groups is 2. The van der Waals surface area contributed by atoms with E-state index in [9.17, 15) is 9.59 Å². The van der Waals surface area contributed by atoms with Gasteiger partial charge < -0.3 is 15.4 Å². The van der Waals surface area contributed by atoms with Crippen LogP contribution in [0.4, 0.5) is 0 Å². The van der Waals surface area contributed by atoms with Gasteiger partial charge in [0.2, 0.25) is 11.8 Å². The summed E-state index contributed by atoms with van der Waals surface area (Å²) in [6, 6.07) is -0.406. The molecule has 0 aromatic rings. The predicted octanol–water partition coefficient (Wildman–Crippen LogP) is -1.04. The Balaban J connectivity index is 2.50. The van der Waals surface area contributed by atoms with Gasteiger partial charge in [-0.3, -0.25) is 14.5 Å². The lowest BCUT2D eigenvalue weighted by molar-refractivity contribution is -0.135. The fraction of sp³-hybridized carbons (Fsp3) is 0.692. The van der Waals surface area contributed by atoms with Crippen LogP contribution in [-0.2, 0) is 14.3 Å². The molecule has 1 fully saturated rings. The first kappa shape index (κ1) is 15.5. The summed E-state index contributed by atoms with van der Waals surface area (Å²) in [6.07, 6.45) is 5.95. The molecule has 106 valence electrons. The van der Waals surface area contributed by atoms with Crippen molar-refractivity contribution in [3.05, 3.63) is 0 Å². The third-order valence-corrected chi connectivity index (χ3v) is 2.83. The van der Waals surface area contributed by atoms with Crippen molar-refractivity contribution in [1.29, 1.82) is 0 Å². The molecule has 1 saturated heterocycles. The van der Waals surface area contributed by atoms with E-state index in [4.69, 9.17) is 11.2 Å². The molecule has 6 nitrogen and oxygen atoms in total. The van der Waals surface area contributed by atoms with Crippen LogP contribution in [0.3, 0.4) is 0 Å². The molecule has 0 saturated carbocycles. The summed E-state index contributed by atoms with van der Waals surface area (Å²) < 4.78 is 5.31. The summed E-state index contributed by atoms with van der Waals surface area (Å²) in [5.74, 6) is 2.08. The van der Waals surface area contributed by atoms with Crippen molar-refractivity contribution in [2.24, 2.45) is 0 Å². The molecule has 2 amide bonds. The molecule has 1 rings (SSSR count). The molecule has 0 spiro atoms. The van der Waals surface area contributed by atoms with Gasteiger partial charge in [0.15, 0.2) is 0 Å². The first-order chi connectivity index (χ1) is 9.19. The number of terminal acetylenes is 1. The van der Waals surface area contributed by atoms with Crippen LogP contribution in [-0.4, -0.2) is 62.1 Å². The summed E-state index contributed by atoms with van der Waals surface area (Å²) in [4.78, 5) is 25.4. The van der Waals surface area contributed by atoms with E-state index < -0.39 is 6.04 Å². The highest BCUT2D eigenvalue weighted by Crippen LogP contribution is 2.06. The van der Waals surface area contributed by atoms with Crippen LogP contribution in [0.2, 0.25) is 0 Å². The molecule has 19 heavy (non-hydrogen) atoms. The standard InChI is InChI=1S/C13H21N3O3/c1-3-5-14-12(17)9-16-7-8-19-10-11(16)13(18)15-6-4-2/h1,11H,4-10H2,2H3,(H,14,17)(H,15,18). The fourth-order valence-electron chi connectivity index (χ4n) is 1.82. The van der Waals surface area contributed by atoms with Gasteiger partial charge in [-0.25, -0.2) is 0 Å². The van der Waals surface area contributed by atoms with Crippen molar-refractivity contribution < 1.29 is 14.3 Å². The van der Waals surface area contributed by atoms with Gasteiger partial charge in [0, 0.05) is 13.1 Å². The van der Waals surface area contributed by atoms with Crippen LogP contribution in [0.15, 0.2) is 0 Å². The smallest absolute Gasteiger partial charge is 0.239 e. The van der Waals surface area contributed by atoms with Crippen molar-refractivity contribution >= 4 is 11.8 Å². The zero-order valence-electron chi connectivity index (χ0n) is 11.3. The summed E-state index contributed by atoms with van der Waals surface area (Å²) in [7, 11) is 0. The third kappa shape index (κ3) is 5.28. The number of hydrogen-bond acceptors (Lipinski definition) is 4. The van der Waals surface area contributed by atoms with Crippen LogP contribution in [0, 0.1) is 12.3 Å². The molecule has 0 aromatic carbocycles. The molecule has 1 aliphatic heterocycles. The van der Waals surface area contributed by atoms with Gasteiger partial charge in [-0.05, 0) is 6.42 Å². The number of amides is 2. The molecule has 0 bridgehead atoms. The average molecular weight is 267 g/mol. The Hall–Kier alpha value is -1.58.